The second-order valence-corrected chi connectivity index (χ2v) is 5.16. The molecule has 0 aliphatic rings. The van der Waals surface area contributed by atoms with E-state index in [2.05, 4.69) is 18.2 Å². The number of pyridine rings is 1. The van der Waals surface area contributed by atoms with Crippen LogP contribution in [-0.4, -0.2) is 14.5 Å². The molecule has 4 rings (SSSR count). The second kappa shape index (κ2) is 5.04. The summed E-state index contributed by atoms with van der Waals surface area (Å²) in [5, 5.41) is 10.0. The van der Waals surface area contributed by atoms with E-state index >= 15 is 0 Å². The molecule has 2 heterocycles. The molecule has 106 valence electrons. The fourth-order valence-electron chi connectivity index (χ4n) is 2.68. The highest BCUT2D eigenvalue weighted by Gasteiger charge is 2.11. The summed E-state index contributed by atoms with van der Waals surface area (Å²) in [5.74, 6) is 0.243. The van der Waals surface area contributed by atoms with Gasteiger partial charge in [-0.25, -0.2) is 4.98 Å². The number of hydrogen-bond acceptors (Lipinski definition) is 2. The van der Waals surface area contributed by atoms with Crippen molar-refractivity contribution in [2.45, 2.75) is 0 Å². The summed E-state index contributed by atoms with van der Waals surface area (Å²) in [4.78, 5) is 4.72. The minimum atomic E-state index is 0.243. The van der Waals surface area contributed by atoms with Crippen LogP contribution in [0.4, 0.5) is 0 Å². The monoisotopic (exact) mass is 286 g/mol. The lowest BCUT2D eigenvalue weighted by Crippen LogP contribution is -1.86. The number of fused-ring (bicyclic) bond motifs is 1. The number of aromatic nitrogens is 2. The summed E-state index contributed by atoms with van der Waals surface area (Å²) in [7, 11) is 0. The van der Waals surface area contributed by atoms with Crippen molar-refractivity contribution in [2.75, 3.05) is 0 Å². The third-order valence-corrected chi connectivity index (χ3v) is 3.75. The molecular formula is C19H14N2O. The van der Waals surface area contributed by atoms with E-state index in [-0.39, 0.29) is 5.75 Å². The Balaban J connectivity index is 1.94. The highest BCUT2D eigenvalue weighted by Crippen LogP contribution is 2.30. The number of benzene rings is 2. The van der Waals surface area contributed by atoms with E-state index in [0.29, 0.717) is 0 Å². The SMILES string of the molecule is Oc1ccccc1-c1cn2cccc(-c3ccccc3)c2n1. The van der Waals surface area contributed by atoms with Crippen LogP contribution < -0.4 is 0 Å². The summed E-state index contributed by atoms with van der Waals surface area (Å²) in [6.45, 7) is 0. The summed E-state index contributed by atoms with van der Waals surface area (Å²) >= 11 is 0. The van der Waals surface area contributed by atoms with Crippen LogP contribution in [0, 0.1) is 0 Å². The molecule has 0 fully saturated rings. The van der Waals surface area contributed by atoms with Gasteiger partial charge >= 0.3 is 0 Å². The van der Waals surface area contributed by atoms with Gasteiger partial charge in [0.25, 0.3) is 0 Å². The average Bonchev–Trinajstić information content (AvgIpc) is 3.00. The predicted octanol–water partition coefficient (Wildman–Crippen LogP) is 4.37. The third-order valence-electron chi connectivity index (χ3n) is 3.75. The predicted molar refractivity (Wildman–Crippen MR) is 87.7 cm³/mol. The van der Waals surface area contributed by atoms with Crippen LogP contribution in [0.25, 0.3) is 28.0 Å². The van der Waals surface area contributed by atoms with Crippen molar-refractivity contribution in [2.24, 2.45) is 0 Å². The van der Waals surface area contributed by atoms with E-state index < -0.39 is 0 Å². The molecule has 0 saturated carbocycles. The van der Waals surface area contributed by atoms with Crippen molar-refractivity contribution >= 4 is 5.65 Å². The first-order valence-corrected chi connectivity index (χ1v) is 7.14. The molecule has 2 aromatic carbocycles. The molecule has 22 heavy (non-hydrogen) atoms. The third kappa shape index (κ3) is 2.04. The second-order valence-electron chi connectivity index (χ2n) is 5.16. The number of para-hydroxylation sites is 1. The Hall–Kier alpha value is -3.07. The Labute approximate surface area is 128 Å². The number of phenolic OH excluding ortho intramolecular Hbond substituents is 1. The Morgan fingerprint density at radius 2 is 1.50 bits per heavy atom. The zero-order valence-corrected chi connectivity index (χ0v) is 11.8. The van der Waals surface area contributed by atoms with Gasteiger partial charge in [-0.15, -0.1) is 0 Å². The molecule has 0 atom stereocenters. The highest BCUT2D eigenvalue weighted by molar-refractivity contribution is 5.80. The Morgan fingerprint density at radius 1 is 0.773 bits per heavy atom. The molecule has 3 heteroatoms. The molecule has 0 bridgehead atoms. The highest BCUT2D eigenvalue weighted by atomic mass is 16.3. The molecule has 0 spiro atoms. The molecule has 0 radical (unpaired) electrons. The van der Waals surface area contributed by atoms with Gasteiger partial charge in [0.15, 0.2) is 0 Å². The van der Waals surface area contributed by atoms with Crippen LogP contribution in [0.15, 0.2) is 79.1 Å². The maximum atomic E-state index is 10.0. The summed E-state index contributed by atoms with van der Waals surface area (Å²) in [5.41, 5.74) is 4.59. The molecule has 1 N–H and O–H groups in total. The number of phenols is 1. The van der Waals surface area contributed by atoms with Gasteiger partial charge in [-0.05, 0) is 29.8 Å². The zero-order valence-electron chi connectivity index (χ0n) is 11.8. The Kier molecular flexibility index (Phi) is 2.90. The van der Waals surface area contributed by atoms with Crippen molar-refractivity contribution in [1.82, 2.24) is 9.38 Å². The molecule has 2 aromatic heterocycles. The first-order chi connectivity index (χ1) is 10.8. The van der Waals surface area contributed by atoms with E-state index in [9.17, 15) is 5.11 Å². The lowest BCUT2D eigenvalue weighted by atomic mass is 10.1. The van der Waals surface area contributed by atoms with E-state index in [4.69, 9.17) is 4.98 Å². The van der Waals surface area contributed by atoms with Crippen LogP contribution in [0.1, 0.15) is 0 Å². The van der Waals surface area contributed by atoms with E-state index in [1.807, 2.05) is 59.3 Å². The van der Waals surface area contributed by atoms with Crippen molar-refractivity contribution in [3.63, 3.8) is 0 Å². The Morgan fingerprint density at radius 3 is 2.32 bits per heavy atom. The largest absolute Gasteiger partial charge is 0.507 e. The van der Waals surface area contributed by atoms with Gasteiger partial charge in [-0.1, -0.05) is 42.5 Å². The van der Waals surface area contributed by atoms with E-state index in [1.54, 1.807) is 6.07 Å². The molecular weight excluding hydrogens is 272 g/mol. The van der Waals surface area contributed by atoms with Gasteiger partial charge in [-0.3, -0.25) is 0 Å². The van der Waals surface area contributed by atoms with Gasteiger partial charge in [-0.2, -0.15) is 0 Å². The minimum absolute atomic E-state index is 0.243. The van der Waals surface area contributed by atoms with Crippen LogP contribution in [0.3, 0.4) is 0 Å². The lowest BCUT2D eigenvalue weighted by molar-refractivity contribution is 0.477. The lowest BCUT2D eigenvalue weighted by Gasteiger charge is -2.03. The van der Waals surface area contributed by atoms with Crippen molar-refractivity contribution in [3.05, 3.63) is 79.1 Å². The molecule has 3 nitrogen and oxygen atoms in total. The number of hydrogen-bond donors (Lipinski definition) is 1. The standard InChI is InChI=1S/C19H14N2O/c22-18-11-5-4-9-16(18)17-13-21-12-6-10-15(19(21)20-17)14-7-2-1-3-8-14/h1-13,22H. The number of aromatic hydroxyl groups is 1. The maximum absolute atomic E-state index is 10.0. The summed E-state index contributed by atoms with van der Waals surface area (Å²) in [6, 6.07) is 21.5. The first-order valence-electron chi connectivity index (χ1n) is 7.14. The van der Waals surface area contributed by atoms with Crippen molar-refractivity contribution in [3.8, 4) is 28.1 Å². The quantitative estimate of drug-likeness (QED) is 0.594. The molecule has 0 amide bonds. The maximum Gasteiger partial charge on any atom is 0.145 e. The minimum Gasteiger partial charge on any atom is -0.507 e. The normalized spacial score (nSPS) is 10.9. The van der Waals surface area contributed by atoms with Crippen LogP contribution in [0.2, 0.25) is 0 Å². The number of rotatable bonds is 2. The van der Waals surface area contributed by atoms with Crippen molar-refractivity contribution in [1.29, 1.82) is 0 Å². The molecule has 0 aliphatic carbocycles. The van der Waals surface area contributed by atoms with Gasteiger partial charge in [0.1, 0.15) is 11.4 Å². The average molecular weight is 286 g/mol. The zero-order chi connectivity index (χ0) is 14.9. The summed E-state index contributed by atoms with van der Waals surface area (Å²) < 4.78 is 1.99. The molecule has 0 aliphatic heterocycles. The molecule has 0 saturated heterocycles. The fourth-order valence-corrected chi connectivity index (χ4v) is 2.68. The number of imidazole rings is 1. The molecule has 4 aromatic rings. The first kappa shape index (κ1) is 12.7. The van der Waals surface area contributed by atoms with Gasteiger partial charge in [0.05, 0.1) is 5.69 Å². The van der Waals surface area contributed by atoms with E-state index in [0.717, 1.165) is 28.0 Å². The smallest absolute Gasteiger partial charge is 0.145 e. The van der Waals surface area contributed by atoms with Crippen LogP contribution >= 0.6 is 0 Å². The van der Waals surface area contributed by atoms with Crippen molar-refractivity contribution < 1.29 is 5.11 Å². The molecule has 0 unspecified atom stereocenters. The number of nitrogens with zero attached hydrogens (tertiary/aromatic N) is 2. The summed E-state index contributed by atoms with van der Waals surface area (Å²) in [6.07, 6.45) is 3.91. The topological polar surface area (TPSA) is 37.5 Å². The van der Waals surface area contributed by atoms with E-state index in [1.165, 1.54) is 0 Å². The van der Waals surface area contributed by atoms with Crippen LogP contribution in [-0.2, 0) is 0 Å². The van der Waals surface area contributed by atoms with Gasteiger partial charge < -0.3 is 9.51 Å². The van der Waals surface area contributed by atoms with Gasteiger partial charge in [0.2, 0.25) is 0 Å². The van der Waals surface area contributed by atoms with Crippen LogP contribution in [0.5, 0.6) is 5.75 Å². The Bertz CT molecular complexity index is 942. The van der Waals surface area contributed by atoms with Gasteiger partial charge in [0, 0.05) is 23.5 Å². The fraction of sp³-hybridized carbons (Fsp3) is 0.